The van der Waals surface area contributed by atoms with Crippen LogP contribution in [0.1, 0.15) is 0 Å². The van der Waals surface area contributed by atoms with Crippen LogP contribution < -0.4 is 91.2 Å². The average molecular weight is 432 g/mol. The fourth-order valence-electron chi connectivity index (χ4n) is 0. The molecule has 0 aromatic heterocycles. The molecule has 0 aliphatic rings. The molecule has 0 saturated carbocycles. The molecule has 0 heterocycles. The van der Waals surface area contributed by atoms with Crippen LogP contribution in [0.25, 0.3) is 0 Å². The van der Waals surface area contributed by atoms with Crippen molar-refractivity contribution in [1.29, 1.82) is 0 Å². The Labute approximate surface area is 163 Å². The van der Waals surface area contributed by atoms with E-state index in [1.807, 2.05) is 0 Å². The second-order valence-electron chi connectivity index (χ2n) is 1.01. The van der Waals surface area contributed by atoms with Crippen LogP contribution in [0.5, 0.6) is 0 Å². The number of carboxylic acid groups (broad SMARTS) is 2. The van der Waals surface area contributed by atoms with Gasteiger partial charge in [0.1, 0.15) is 0 Å². The molecule has 0 rings (SSSR count). The molecular formula is C4H4I2KNaO4. The first-order valence-electron chi connectivity index (χ1n) is 2.06. The number of halogens is 2. The van der Waals surface area contributed by atoms with Gasteiger partial charge in [0, 0.05) is 8.86 Å². The maximum Gasteiger partial charge on any atom is 1.00 e. The Morgan fingerprint density at radius 2 is 1.08 bits per heavy atom. The number of hydrogen-bond donors (Lipinski definition) is 0. The van der Waals surface area contributed by atoms with Crippen molar-refractivity contribution >= 4 is 57.1 Å². The van der Waals surface area contributed by atoms with Gasteiger partial charge in [0.05, 0.1) is 11.9 Å². The summed E-state index contributed by atoms with van der Waals surface area (Å²) in [5, 5.41) is 18.5. The first kappa shape index (κ1) is 24.3. The summed E-state index contributed by atoms with van der Waals surface area (Å²) in [5.74, 6) is -2.02. The summed E-state index contributed by atoms with van der Waals surface area (Å²) in [6, 6.07) is 0. The van der Waals surface area contributed by atoms with Crippen LogP contribution in [0.2, 0.25) is 0 Å². The Morgan fingerprint density at radius 1 is 1.00 bits per heavy atom. The van der Waals surface area contributed by atoms with Gasteiger partial charge in [0.25, 0.3) is 0 Å². The number of hydrogen-bond acceptors (Lipinski definition) is 4. The van der Waals surface area contributed by atoms with Gasteiger partial charge in [-0.3, -0.25) is 0 Å². The van der Waals surface area contributed by atoms with Crippen LogP contribution >= 0.6 is 45.2 Å². The first-order valence-corrected chi connectivity index (χ1v) is 5.11. The van der Waals surface area contributed by atoms with Crippen LogP contribution in [0.4, 0.5) is 0 Å². The van der Waals surface area contributed by atoms with E-state index in [1.54, 1.807) is 45.2 Å². The summed E-state index contributed by atoms with van der Waals surface area (Å²) in [7, 11) is 0. The molecule has 0 atom stereocenters. The van der Waals surface area contributed by atoms with E-state index in [0.29, 0.717) is 0 Å². The predicted molar refractivity (Wildman–Crippen MR) is 47.8 cm³/mol. The second-order valence-corrected chi connectivity index (χ2v) is 2.54. The molecule has 0 fully saturated rings. The molecule has 8 heteroatoms. The zero-order valence-electron chi connectivity index (χ0n) is 6.80. The van der Waals surface area contributed by atoms with Gasteiger partial charge >= 0.3 is 80.9 Å². The molecule has 0 unspecified atom stereocenters. The normalized spacial score (nSPS) is 6.17. The van der Waals surface area contributed by atoms with E-state index >= 15 is 0 Å². The second kappa shape index (κ2) is 19.6. The van der Waals surface area contributed by atoms with Gasteiger partial charge in [-0.25, -0.2) is 0 Å². The summed E-state index contributed by atoms with van der Waals surface area (Å²) >= 11 is 3.43. The molecule has 0 radical (unpaired) electrons. The molecule has 0 amide bonds. The van der Waals surface area contributed by atoms with E-state index in [4.69, 9.17) is 0 Å². The Morgan fingerprint density at radius 3 is 1.08 bits per heavy atom. The molecule has 60 valence electrons. The van der Waals surface area contributed by atoms with E-state index in [2.05, 4.69) is 0 Å². The summed E-state index contributed by atoms with van der Waals surface area (Å²) < 4.78 is 0.162. The number of aliphatic carboxylic acids is 2. The van der Waals surface area contributed by atoms with E-state index in [0.717, 1.165) is 0 Å². The number of carboxylic acids is 2. The molecule has 0 aliphatic heterocycles. The van der Waals surface area contributed by atoms with Crippen molar-refractivity contribution in [3.8, 4) is 0 Å². The third-order valence-electron chi connectivity index (χ3n) is 0.218. The molecule has 0 aromatic carbocycles. The fraction of sp³-hybridized carbons (Fsp3) is 0.500. The zero-order valence-corrected chi connectivity index (χ0v) is 16.2. The Bertz CT molecular complexity index is 110. The maximum absolute atomic E-state index is 9.25. The maximum atomic E-state index is 9.25. The van der Waals surface area contributed by atoms with Crippen molar-refractivity contribution in [2.45, 2.75) is 0 Å². The molecule has 0 saturated heterocycles. The van der Waals surface area contributed by atoms with Crippen LogP contribution in [0, 0.1) is 0 Å². The fourth-order valence-corrected chi connectivity index (χ4v) is 0. The Hall–Kier alpha value is 3.04. The number of rotatable bonds is 2. The molecule has 0 spiro atoms. The van der Waals surface area contributed by atoms with E-state index in [1.165, 1.54) is 0 Å². The molecule has 0 aromatic rings. The third kappa shape index (κ3) is 38.1. The zero-order chi connectivity index (χ0) is 8.57. The summed E-state index contributed by atoms with van der Waals surface area (Å²) in [6.07, 6.45) is 0. The SMILES string of the molecule is O=C([O-])CI.O=C([O-])CI.[K+].[Na+]. The van der Waals surface area contributed by atoms with Gasteiger partial charge < -0.3 is 19.8 Å². The number of carbonyl (C=O) groups is 2. The minimum absolute atomic E-state index is 0. The van der Waals surface area contributed by atoms with E-state index < -0.39 is 11.9 Å². The molecule has 0 aliphatic carbocycles. The van der Waals surface area contributed by atoms with Gasteiger partial charge in [0.15, 0.2) is 0 Å². The molecule has 0 N–H and O–H groups in total. The largest absolute Gasteiger partial charge is 1.00 e. The summed E-state index contributed by atoms with van der Waals surface area (Å²) in [5.41, 5.74) is 0. The van der Waals surface area contributed by atoms with E-state index in [9.17, 15) is 19.8 Å². The molecule has 12 heavy (non-hydrogen) atoms. The molecule has 4 nitrogen and oxygen atoms in total. The van der Waals surface area contributed by atoms with Crippen LogP contribution in [-0.2, 0) is 9.59 Å². The monoisotopic (exact) mass is 432 g/mol. The minimum Gasteiger partial charge on any atom is -0.549 e. The number of alkyl halides is 2. The van der Waals surface area contributed by atoms with Crippen molar-refractivity contribution in [3.63, 3.8) is 0 Å². The Balaban J connectivity index is -0.0000000457. The minimum atomic E-state index is -1.01. The van der Waals surface area contributed by atoms with Crippen molar-refractivity contribution in [2.75, 3.05) is 8.86 Å². The summed E-state index contributed by atoms with van der Waals surface area (Å²) in [6.45, 7) is 0. The van der Waals surface area contributed by atoms with Crippen LogP contribution in [-0.4, -0.2) is 20.8 Å². The number of carbonyl (C=O) groups excluding carboxylic acids is 2. The summed E-state index contributed by atoms with van der Waals surface area (Å²) in [4.78, 5) is 18.5. The van der Waals surface area contributed by atoms with Gasteiger partial charge in [-0.15, -0.1) is 0 Å². The van der Waals surface area contributed by atoms with E-state index in [-0.39, 0.29) is 89.8 Å². The predicted octanol–water partition coefficient (Wildman–Crippen LogP) is -7.65. The first-order chi connectivity index (χ1) is 4.54. The molecular weight excluding hydrogens is 428 g/mol. The van der Waals surface area contributed by atoms with Gasteiger partial charge in [-0.2, -0.15) is 0 Å². The quantitative estimate of drug-likeness (QED) is 0.247. The van der Waals surface area contributed by atoms with Crippen LogP contribution in [0.15, 0.2) is 0 Å². The van der Waals surface area contributed by atoms with Gasteiger partial charge in [-0.05, 0) is 0 Å². The van der Waals surface area contributed by atoms with Crippen molar-refractivity contribution < 1.29 is 101 Å². The Kier molecular flexibility index (Phi) is 39.7. The third-order valence-corrected chi connectivity index (χ3v) is 1.46. The van der Waals surface area contributed by atoms with Crippen LogP contribution in [0.3, 0.4) is 0 Å². The van der Waals surface area contributed by atoms with Gasteiger partial charge in [0.2, 0.25) is 0 Å². The average Bonchev–Trinajstić information content (AvgIpc) is 1.89. The molecule has 0 bridgehead atoms. The van der Waals surface area contributed by atoms with Crippen molar-refractivity contribution in [3.05, 3.63) is 0 Å². The topological polar surface area (TPSA) is 80.3 Å². The smallest absolute Gasteiger partial charge is 0.549 e. The van der Waals surface area contributed by atoms with Gasteiger partial charge in [-0.1, -0.05) is 45.2 Å². The standard InChI is InChI=1S/2C2H3IO2.K.Na/c2*3-1-2(4)5;;/h2*1H2,(H,4,5);;/q;;2*+1/p-2. The van der Waals surface area contributed by atoms with Crippen molar-refractivity contribution in [2.24, 2.45) is 0 Å². The van der Waals surface area contributed by atoms with Crippen molar-refractivity contribution in [1.82, 2.24) is 0 Å².